The number of rotatable bonds is 0. The summed E-state index contributed by atoms with van der Waals surface area (Å²) in [5.74, 6) is 1.66. The average Bonchev–Trinajstić information content (AvgIpc) is 2.45. The van der Waals surface area contributed by atoms with Gasteiger partial charge in [-0.15, -0.1) is 0 Å². The second kappa shape index (κ2) is 3.53. The van der Waals surface area contributed by atoms with Gasteiger partial charge in [-0.1, -0.05) is 49.0 Å². The first-order valence-electron chi connectivity index (χ1n) is 5.37. The van der Waals surface area contributed by atoms with Crippen molar-refractivity contribution >= 4 is 5.76 Å². The molecule has 1 aliphatic rings. The number of benzene rings is 2. The molecular weight excluding hydrogens is 196 g/mol. The fourth-order valence-electron chi connectivity index (χ4n) is 2.09. The lowest BCUT2D eigenvalue weighted by atomic mass is 10.00. The molecule has 0 atom stereocenters. The van der Waals surface area contributed by atoms with Crippen LogP contribution in [0.15, 0.2) is 55.1 Å². The highest BCUT2D eigenvalue weighted by atomic mass is 16.5. The second-order valence-electron chi connectivity index (χ2n) is 3.97. The van der Waals surface area contributed by atoms with Gasteiger partial charge in [-0.2, -0.15) is 0 Å². The van der Waals surface area contributed by atoms with Crippen molar-refractivity contribution in [2.75, 3.05) is 0 Å². The standard InChI is InChI=1S/C15H12O/c1-11-14-8-4-2-6-12(14)10-13-7-3-5-9-15(13)16-11/h2-9H,1,10H2. The molecule has 1 nitrogen and oxygen atoms in total. The van der Waals surface area contributed by atoms with Crippen LogP contribution < -0.4 is 4.74 Å². The molecule has 1 heterocycles. The van der Waals surface area contributed by atoms with Crippen molar-refractivity contribution in [3.8, 4) is 5.75 Å². The van der Waals surface area contributed by atoms with E-state index in [0.717, 1.165) is 23.5 Å². The molecule has 0 unspecified atom stereocenters. The van der Waals surface area contributed by atoms with Gasteiger partial charge in [0.1, 0.15) is 11.5 Å². The fourth-order valence-corrected chi connectivity index (χ4v) is 2.09. The lowest BCUT2D eigenvalue weighted by Gasteiger charge is -2.07. The Hall–Kier alpha value is -2.02. The minimum atomic E-state index is 0.737. The molecule has 0 aromatic heterocycles. The summed E-state index contributed by atoms with van der Waals surface area (Å²) in [5, 5.41) is 0. The van der Waals surface area contributed by atoms with E-state index >= 15 is 0 Å². The Labute approximate surface area is 95.0 Å². The third-order valence-electron chi connectivity index (χ3n) is 2.90. The average molecular weight is 208 g/mol. The molecule has 16 heavy (non-hydrogen) atoms. The molecule has 0 bridgehead atoms. The summed E-state index contributed by atoms with van der Waals surface area (Å²) >= 11 is 0. The second-order valence-corrected chi connectivity index (χ2v) is 3.97. The largest absolute Gasteiger partial charge is 0.457 e. The maximum absolute atomic E-state index is 5.79. The first-order chi connectivity index (χ1) is 7.84. The van der Waals surface area contributed by atoms with Crippen LogP contribution in [0.3, 0.4) is 0 Å². The molecule has 2 aromatic carbocycles. The SMILES string of the molecule is C=C1Oc2ccccc2Cc2ccccc21. The van der Waals surface area contributed by atoms with E-state index in [-0.39, 0.29) is 0 Å². The van der Waals surface area contributed by atoms with Crippen LogP contribution >= 0.6 is 0 Å². The summed E-state index contributed by atoms with van der Waals surface area (Å²) in [7, 11) is 0. The number of hydrogen-bond donors (Lipinski definition) is 0. The molecule has 1 heteroatoms. The highest BCUT2D eigenvalue weighted by molar-refractivity contribution is 5.66. The van der Waals surface area contributed by atoms with Gasteiger partial charge in [-0.25, -0.2) is 0 Å². The van der Waals surface area contributed by atoms with E-state index in [1.807, 2.05) is 24.3 Å². The summed E-state index contributed by atoms with van der Waals surface area (Å²) in [6.45, 7) is 3.99. The zero-order valence-electron chi connectivity index (χ0n) is 8.94. The van der Waals surface area contributed by atoms with E-state index in [1.165, 1.54) is 11.1 Å². The molecule has 0 radical (unpaired) electrons. The Morgan fingerprint density at radius 3 is 2.44 bits per heavy atom. The van der Waals surface area contributed by atoms with Gasteiger partial charge in [0, 0.05) is 12.0 Å². The molecule has 0 amide bonds. The van der Waals surface area contributed by atoms with Crippen molar-refractivity contribution in [2.24, 2.45) is 0 Å². The van der Waals surface area contributed by atoms with Gasteiger partial charge in [-0.3, -0.25) is 0 Å². The molecule has 1 aliphatic heterocycles. The van der Waals surface area contributed by atoms with Crippen LogP contribution in [-0.2, 0) is 6.42 Å². The van der Waals surface area contributed by atoms with Crippen molar-refractivity contribution < 1.29 is 4.74 Å². The summed E-state index contributed by atoms with van der Waals surface area (Å²) in [5.41, 5.74) is 3.60. The van der Waals surface area contributed by atoms with E-state index in [0.29, 0.717) is 0 Å². The molecule has 78 valence electrons. The Kier molecular flexibility index (Phi) is 2.03. The van der Waals surface area contributed by atoms with Crippen LogP contribution in [0.5, 0.6) is 5.75 Å². The monoisotopic (exact) mass is 208 g/mol. The molecule has 2 aromatic rings. The zero-order chi connectivity index (χ0) is 11.0. The first kappa shape index (κ1) is 9.22. The lowest BCUT2D eigenvalue weighted by Crippen LogP contribution is -1.92. The van der Waals surface area contributed by atoms with Gasteiger partial charge in [0.15, 0.2) is 0 Å². The Balaban J connectivity index is 2.18. The van der Waals surface area contributed by atoms with Gasteiger partial charge in [-0.05, 0) is 17.2 Å². The van der Waals surface area contributed by atoms with Gasteiger partial charge < -0.3 is 4.74 Å². The quantitative estimate of drug-likeness (QED) is 0.642. The van der Waals surface area contributed by atoms with E-state index in [4.69, 9.17) is 4.74 Å². The smallest absolute Gasteiger partial charge is 0.130 e. The van der Waals surface area contributed by atoms with Crippen molar-refractivity contribution in [1.82, 2.24) is 0 Å². The molecule has 3 rings (SSSR count). The lowest BCUT2D eigenvalue weighted by molar-refractivity contribution is 0.515. The number of ether oxygens (including phenoxy) is 1. The maximum Gasteiger partial charge on any atom is 0.130 e. The van der Waals surface area contributed by atoms with E-state index < -0.39 is 0 Å². The van der Waals surface area contributed by atoms with Crippen molar-refractivity contribution in [1.29, 1.82) is 0 Å². The molecule has 0 saturated heterocycles. The highest BCUT2D eigenvalue weighted by Gasteiger charge is 2.15. The normalized spacial score (nSPS) is 13.4. The van der Waals surface area contributed by atoms with Gasteiger partial charge in [0.05, 0.1) is 0 Å². The number of para-hydroxylation sites is 1. The van der Waals surface area contributed by atoms with Crippen LogP contribution in [0.2, 0.25) is 0 Å². The Morgan fingerprint density at radius 2 is 1.56 bits per heavy atom. The van der Waals surface area contributed by atoms with Gasteiger partial charge in [0.25, 0.3) is 0 Å². The summed E-state index contributed by atoms with van der Waals surface area (Å²) in [6, 6.07) is 16.4. The van der Waals surface area contributed by atoms with Crippen LogP contribution in [0.4, 0.5) is 0 Å². The minimum absolute atomic E-state index is 0.737. The molecule has 0 N–H and O–H groups in total. The van der Waals surface area contributed by atoms with Crippen molar-refractivity contribution in [3.63, 3.8) is 0 Å². The van der Waals surface area contributed by atoms with E-state index in [9.17, 15) is 0 Å². The maximum atomic E-state index is 5.79. The predicted molar refractivity (Wildman–Crippen MR) is 65.4 cm³/mol. The topological polar surface area (TPSA) is 9.23 Å². The predicted octanol–water partition coefficient (Wildman–Crippen LogP) is 3.64. The third kappa shape index (κ3) is 1.41. The zero-order valence-corrected chi connectivity index (χ0v) is 8.94. The summed E-state index contributed by atoms with van der Waals surface area (Å²) in [6.07, 6.45) is 0.908. The minimum Gasteiger partial charge on any atom is -0.457 e. The number of hydrogen-bond acceptors (Lipinski definition) is 1. The van der Waals surface area contributed by atoms with Crippen LogP contribution in [0.25, 0.3) is 5.76 Å². The summed E-state index contributed by atoms with van der Waals surface area (Å²) in [4.78, 5) is 0. The third-order valence-corrected chi connectivity index (χ3v) is 2.90. The highest BCUT2D eigenvalue weighted by Crippen LogP contribution is 2.32. The molecule has 0 spiro atoms. The number of fused-ring (bicyclic) bond motifs is 2. The van der Waals surface area contributed by atoms with Crippen LogP contribution in [-0.4, -0.2) is 0 Å². The van der Waals surface area contributed by atoms with Gasteiger partial charge >= 0.3 is 0 Å². The Morgan fingerprint density at radius 1 is 0.875 bits per heavy atom. The molecule has 0 saturated carbocycles. The van der Waals surface area contributed by atoms with E-state index in [1.54, 1.807) is 0 Å². The van der Waals surface area contributed by atoms with Crippen LogP contribution in [0, 0.1) is 0 Å². The molecular formula is C15H12O. The fraction of sp³-hybridized carbons (Fsp3) is 0.0667. The van der Waals surface area contributed by atoms with Crippen molar-refractivity contribution in [2.45, 2.75) is 6.42 Å². The molecule has 0 fully saturated rings. The van der Waals surface area contributed by atoms with E-state index in [2.05, 4.69) is 30.8 Å². The molecule has 0 aliphatic carbocycles. The summed E-state index contributed by atoms with van der Waals surface area (Å²) < 4.78 is 5.79. The van der Waals surface area contributed by atoms with Gasteiger partial charge in [0.2, 0.25) is 0 Å². The Bertz CT molecular complexity index is 555. The van der Waals surface area contributed by atoms with Crippen molar-refractivity contribution in [3.05, 3.63) is 71.8 Å². The van der Waals surface area contributed by atoms with Crippen LogP contribution in [0.1, 0.15) is 16.7 Å². The first-order valence-corrected chi connectivity index (χ1v) is 5.37.